The monoisotopic (exact) mass is 334 g/mol. The van der Waals surface area contributed by atoms with Crippen molar-refractivity contribution in [2.24, 2.45) is 0 Å². The number of hydrogen-bond donors (Lipinski definition) is 2. The summed E-state index contributed by atoms with van der Waals surface area (Å²) in [7, 11) is 0. The van der Waals surface area contributed by atoms with Gasteiger partial charge in [-0.15, -0.1) is 11.3 Å². The molecule has 0 unspecified atom stereocenters. The van der Waals surface area contributed by atoms with Crippen molar-refractivity contribution in [3.05, 3.63) is 50.5 Å². The highest BCUT2D eigenvalue weighted by Gasteiger charge is 2.11. The molecule has 23 heavy (non-hydrogen) atoms. The first kappa shape index (κ1) is 16.9. The number of amides is 1. The minimum atomic E-state index is -0.446. The predicted molar refractivity (Wildman–Crippen MR) is 89.8 cm³/mol. The fraction of sp³-hybridized carbons (Fsp3) is 0.333. The Bertz CT molecular complexity index is 687. The third-order valence-electron chi connectivity index (χ3n) is 3.14. The molecule has 0 fully saturated rings. The maximum Gasteiger partial charge on any atom is 0.292 e. The van der Waals surface area contributed by atoms with E-state index in [-0.39, 0.29) is 18.0 Å². The number of nitrogens with one attached hydrogen (secondary N) is 2. The van der Waals surface area contributed by atoms with Gasteiger partial charge in [-0.25, -0.2) is 4.98 Å². The molecule has 0 radical (unpaired) electrons. The van der Waals surface area contributed by atoms with Crippen LogP contribution in [0.25, 0.3) is 0 Å². The Labute approximate surface area is 137 Å². The van der Waals surface area contributed by atoms with Crippen LogP contribution in [0.5, 0.6) is 0 Å². The molecule has 1 heterocycles. The van der Waals surface area contributed by atoms with E-state index in [1.807, 2.05) is 12.3 Å². The van der Waals surface area contributed by atoms with Crippen LogP contribution in [0.1, 0.15) is 17.1 Å². The lowest BCUT2D eigenvalue weighted by atomic mass is 10.2. The van der Waals surface area contributed by atoms with Crippen LogP contribution in [-0.2, 0) is 11.2 Å². The minimum Gasteiger partial charge on any atom is -0.379 e. The van der Waals surface area contributed by atoms with Gasteiger partial charge in [-0.3, -0.25) is 14.9 Å². The van der Waals surface area contributed by atoms with Crippen molar-refractivity contribution in [3.63, 3.8) is 0 Å². The van der Waals surface area contributed by atoms with Gasteiger partial charge in [0, 0.05) is 37.4 Å². The molecule has 0 aliphatic carbocycles. The molecule has 7 nitrogen and oxygen atoms in total. The molecular weight excluding hydrogens is 316 g/mol. The van der Waals surface area contributed by atoms with Gasteiger partial charge < -0.3 is 10.6 Å². The summed E-state index contributed by atoms with van der Waals surface area (Å²) >= 11 is 1.59. The summed E-state index contributed by atoms with van der Waals surface area (Å²) in [6.45, 7) is 2.82. The number of nitro groups is 1. The number of nitrogens with zero attached hydrogens (tertiary/aromatic N) is 2. The number of rotatable bonds is 8. The summed E-state index contributed by atoms with van der Waals surface area (Å²) < 4.78 is 0. The van der Waals surface area contributed by atoms with Crippen molar-refractivity contribution in [2.75, 3.05) is 18.4 Å². The molecule has 122 valence electrons. The van der Waals surface area contributed by atoms with Crippen LogP contribution in [0.15, 0.2) is 29.6 Å². The van der Waals surface area contributed by atoms with Gasteiger partial charge in [0.1, 0.15) is 5.69 Å². The van der Waals surface area contributed by atoms with Crippen LogP contribution < -0.4 is 10.6 Å². The lowest BCUT2D eigenvalue weighted by Crippen LogP contribution is -2.27. The molecule has 1 aromatic heterocycles. The van der Waals surface area contributed by atoms with Gasteiger partial charge in [0.05, 0.1) is 15.6 Å². The first-order chi connectivity index (χ1) is 11.1. The first-order valence-corrected chi connectivity index (χ1v) is 8.09. The van der Waals surface area contributed by atoms with E-state index in [2.05, 4.69) is 15.6 Å². The molecule has 0 bridgehead atoms. The Kier molecular flexibility index (Phi) is 6.04. The van der Waals surface area contributed by atoms with E-state index in [9.17, 15) is 14.9 Å². The number of anilines is 1. The maximum atomic E-state index is 11.7. The lowest BCUT2D eigenvalue weighted by Gasteiger charge is -2.07. The second-order valence-electron chi connectivity index (χ2n) is 4.91. The molecule has 0 atom stereocenters. The molecular formula is C15H18N4O3S. The van der Waals surface area contributed by atoms with E-state index >= 15 is 0 Å². The van der Waals surface area contributed by atoms with E-state index in [1.54, 1.807) is 29.5 Å². The largest absolute Gasteiger partial charge is 0.379 e. The second-order valence-corrected chi connectivity index (χ2v) is 5.97. The fourth-order valence-corrected chi connectivity index (χ4v) is 2.68. The number of hydrogen-bond acceptors (Lipinski definition) is 6. The standard InChI is InChI=1S/C15H18N4O3S/c1-11-18-12(10-23-11)6-8-17-15(20)7-9-16-13-4-2-3-5-14(13)19(21)22/h2-5,10,16H,6-9H2,1H3,(H,17,20). The first-order valence-electron chi connectivity index (χ1n) is 7.21. The van der Waals surface area contributed by atoms with Gasteiger partial charge in [0.25, 0.3) is 5.69 Å². The van der Waals surface area contributed by atoms with Gasteiger partial charge in [-0.05, 0) is 13.0 Å². The second kappa shape index (κ2) is 8.23. The maximum absolute atomic E-state index is 11.7. The predicted octanol–water partition coefficient (Wildman–Crippen LogP) is 2.52. The fourth-order valence-electron chi connectivity index (χ4n) is 2.03. The van der Waals surface area contributed by atoms with E-state index in [0.717, 1.165) is 10.7 Å². The molecule has 0 saturated heterocycles. The van der Waals surface area contributed by atoms with Crippen LogP contribution in [0.2, 0.25) is 0 Å². The molecule has 8 heteroatoms. The summed E-state index contributed by atoms with van der Waals surface area (Å²) in [4.78, 5) is 26.5. The van der Waals surface area contributed by atoms with Crippen molar-refractivity contribution in [3.8, 4) is 0 Å². The smallest absolute Gasteiger partial charge is 0.292 e. The average molecular weight is 334 g/mol. The van der Waals surface area contributed by atoms with Crippen LogP contribution in [-0.4, -0.2) is 28.9 Å². The Hall–Kier alpha value is -2.48. The van der Waals surface area contributed by atoms with Crippen LogP contribution in [0.3, 0.4) is 0 Å². The number of carbonyl (C=O) groups excluding carboxylic acids is 1. The molecule has 2 rings (SSSR count). The van der Waals surface area contributed by atoms with Crippen molar-refractivity contribution in [1.82, 2.24) is 10.3 Å². The van der Waals surface area contributed by atoms with Crippen LogP contribution in [0, 0.1) is 17.0 Å². The summed E-state index contributed by atoms with van der Waals surface area (Å²) in [5.41, 5.74) is 1.40. The molecule has 0 spiro atoms. The summed E-state index contributed by atoms with van der Waals surface area (Å²) in [6, 6.07) is 6.38. The number of nitro benzene ring substituents is 1. The molecule has 1 amide bonds. The Morgan fingerprint density at radius 2 is 2.13 bits per heavy atom. The zero-order valence-corrected chi connectivity index (χ0v) is 13.6. The molecule has 0 saturated carbocycles. The quantitative estimate of drug-likeness (QED) is 0.571. The molecule has 1 aromatic carbocycles. The van der Waals surface area contributed by atoms with E-state index in [1.165, 1.54) is 6.07 Å². The molecule has 0 aliphatic heterocycles. The van der Waals surface area contributed by atoms with Crippen molar-refractivity contribution in [1.29, 1.82) is 0 Å². The number of para-hydroxylation sites is 2. The Morgan fingerprint density at radius 1 is 1.35 bits per heavy atom. The van der Waals surface area contributed by atoms with Gasteiger partial charge in [-0.2, -0.15) is 0 Å². The third kappa shape index (κ3) is 5.33. The number of carbonyl (C=O) groups is 1. The zero-order chi connectivity index (χ0) is 16.7. The molecule has 2 N–H and O–H groups in total. The minimum absolute atomic E-state index is 0.00631. The highest BCUT2D eigenvalue weighted by Crippen LogP contribution is 2.22. The topological polar surface area (TPSA) is 97.2 Å². The van der Waals surface area contributed by atoms with Crippen LogP contribution in [0.4, 0.5) is 11.4 Å². The zero-order valence-electron chi connectivity index (χ0n) is 12.7. The van der Waals surface area contributed by atoms with Crippen molar-refractivity contribution >= 4 is 28.6 Å². The number of benzene rings is 1. The summed E-state index contributed by atoms with van der Waals surface area (Å²) in [5, 5.41) is 19.6. The van der Waals surface area contributed by atoms with Crippen molar-refractivity contribution in [2.45, 2.75) is 19.8 Å². The highest BCUT2D eigenvalue weighted by atomic mass is 32.1. The summed E-state index contributed by atoms with van der Waals surface area (Å²) in [5.74, 6) is -0.0944. The van der Waals surface area contributed by atoms with Gasteiger partial charge >= 0.3 is 0 Å². The summed E-state index contributed by atoms with van der Waals surface area (Å²) in [6.07, 6.45) is 0.954. The third-order valence-corrected chi connectivity index (χ3v) is 3.96. The van der Waals surface area contributed by atoms with E-state index < -0.39 is 4.92 Å². The van der Waals surface area contributed by atoms with Crippen molar-refractivity contribution < 1.29 is 9.72 Å². The highest BCUT2D eigenvalue weighted by molar-refractivity contribution is 7.09. The SMILES string of the molecule is Cc1nc(CCNC(=O)CCNc2ccccc2[N+](=O)[O-])cs1. The Morgan fingerprint density at radius 3 is 2.83 bits per heavy atom. The van der Waals surface area contributed by atoms with Crippen LogP contribution >= 0.6 is 11.3 Å². The van der Waals surface area contributed by atoms with E-state index in [0.29, 0.717) is 25.2 Å². The Balaban J connectivity index is 1.70. The van der Waals surface area contributed by atoms with Gasteiger partial charge in [0.2, 0.25) is 5.91 Å². The normalized spacial score (nSPS) is 10.3. The number of aromatic nitrogens is 1. The number of thiazole rings is 1. The average Bonchev–Trinajstić information content (AvgIpc) is 2.93. The lowest BCUT2D eigenvalue weighted by molar-refractivity contribution is -0.384. The molecule has 2 aromatic rings. The van der Waals surface area contributed by atoms with Gasteiger partial charge in [-0.1, -0.05) is 12.1 Å². The number of aryl methyl sites for hydroxylation is 1. The van der Waals surface area contributed by atoms with E-state index in [4.69, 9.17) is 0 Å². The molecule has 0 aliphatic rings. The van der Waals surface area contributed by atoms with Gasteiger partial charge in [0.15, 0.2) is 0 Å².